The smallest absolute Gasteiger partial charge is 0.338 e. The molecule has 1 aromatic rings. The van der Waals surface area contributed by atoms with Gasteiger partial charge >= 0.3 is 5.97 Å². The summed E-state index contributed by atoms with van der Waals surface area (Å²) >= 11 is 0. The van der Waals surface area contributed by atoms with E-state index in [-0.39, 0.29) is 23.3 Å². The maximum absolute atomic E-state index is 12.5. The minimum atomic E-state index is -4.07. The lowest BCUT2D eigenvalue weighted by Gasteiger charge is -2.10. The maximum atomic E-state index is 12.5. The van der Waals surface area contributed by atoms with Crippen molar-refractivity contribution in [2.75, 3.05) is 6.61 Å². The van der Waals surface area contributed by atoms with E-state index in [0.29, 0.717) is 6.61 Å². The Kier molecular flexibility index (Phi) is 9.43. The molecule has 0 bridgehead atoms. The van der Waals surface area contributed by atoms with E-state index in [0.717, 1.165) is 25.7 Å². The first kappa shape index (κ1) is 24.0. The van der Waals surface area contributed by atoms with Gasteiger partial charge in [0.1, 0.15) is 0 Å². The standard InChI is InChI=1S/C23H30O6S/c1-2-3-4-5-6-7-8-9-10-17-29-23(26)18-11-13-19(14-12-18)30(27,28)22-20(24)15-16-21(22)25/h2,11-14,22H,1,3-10,15-17H2. The molecule has 0 aliphatic heterocycles. The maximum Gasteiger partial charge on any atom is 0.338 e. The third kappa shape index (κ3) is 6.62. The minimum absolute atomic E-state index is 0.0392. The highest BCUT2D eigenvalue weighted by molar-refractivity contribution is 7.93. The van der Waals surface area contributed by atoms with E-state index in [4.69, 9.17) is 4.74 Å². The molecule has 0 N–H and O–H groups in total. The third-order valence-electron chi connectivity index (χ3n) is 5.22. The molecule has 1 saturated carbocycles. The fourth-order valence-electron chi connectivity index (χ4n) is 3.47. The van der Waals surface area contributed by atoms with E-state index in [1.807, 2.05) is 6.08 Å². The average Bonchev–Trinajstić information content (AvgIpc) is 3.08. The Bertz CT molecular complexity index is 838. The molecular weight excluding hydrogens is 404 g/mol. The number of rotatable bonds is 13. The molecule has 0 unspecified atom stereocenters. The Morgan fingerprint density at radius 2 is 1.47 bits per heavy atom. The van der Waals surface area contributed by atoms with Gasteiger partial charge in [-0.05, 0) is 43.5 Å². The summed E-state index contributed by atoms with van der Waals surface area (Å²) in [4.78, 5) is 35.5. The fourth-order valence-corrected chi connectivity index (χ4v) is 5.19. The molecule has 0 amide bonds. The van der Waals surface area contributed by atoms with Gasteiger partial charge in [-0.25, -0.2) is 13.2 Å². The predicted octanol–water partition coefficient (Wildman–Crippen LogP) is 4.22. The molecule has 0 aromatic heterocycles. The van der Waals surface area contributed by atoms with Gasteiger partial charge in [-0.15, -0.1) is 6.58 Å². The van der Waals surface area contributed by atoms with Crippen LogP contribution >= 0.6 is 0 Å². The van der Waals surface area contributed by atoms with Crippen LogP contribution in [0.1, 0.15) is 74.6 Å². The largest absolute Gasteiger partial charge is 0.462 e. The van der Waals surface area contributed by atoms with Gasteiger partial charge in [0.25, 0.3) is 0 Å². The van der Waals surface area contributed by atoms with Crippen molar-refractivity contribution in [3.8, 4) is 0 Å². The quantitative estimate of drug-likeness (QED) is 0.200. The molecule has 2 rings (SSSR count). The number of allylic oxidation sites excluding steroid dienone is 1. The van der Waals surface area contributed by atoms with Crippen LogP contribution in [0.5, 0.6) is 0 Å². The number of unbranched alkanes of at least 4 members (excludes halogenated alkanes) is 7. The summed E-state index contributed by atoms with van der Waals surface area (Å²) in [6, 6.07) is 5.19. The summed E-state index contributed by atoms with van der Waals surface area (Å²) in [5, 5.41) is -1.61. The molecule has 0 atom stereocenters. The van der Waals surface area contributed by atoms with Crippen LogP contribution in [0, 0.1) is 0 Å². The van der Waals surface area contributed by atoms with Gasteiger partial charge in [0.2, 0.25) is 0 Å². The van der Waals surface area contributed by atoms with Gasteiger partial charge in [-0.1, -0.05) is 38.2 Å². The number of ketones is 2. The van der Waals surface area contributed by atoms with Crippen molar-refractivity contribution < 1.29 is 27.5 Å². The van der Waals surface area contributed by atoms with Crippen molar-refractivity contribution >= 4 is 27.4 Å². The lowest BCUT2D eigenvalue weighted by Crippen LogP contribution is -2.31. The second-order valence-electron chi connectivity index (χ2n) is 7.57. The summed E-state index contributed by atoms with van der Waals surface area (Å²) in [6.07, 6.45) is 10.6. The number of benzene rings is 1. The van der Waals surface area contributed by atoms with E-state index >= 15 is 0 Å². The fraction of sp³-hybridized carbons (Fsp3) is 0.522. The van der Waals surface area contributed by atoms with Gasteiger partial charge < -0.3 is 4.74 Å². The second kappa shape index (κ2) is 11.8. The first-order valence-electron chi connectivity index (χ1n) is 10.6. The molecular formula is C23H30O6S. The second-order valence-corrected chi connectivity index (χ2v) is 9.60. The molecule has 7 heteroatoms. The molecule has 0 saturated heterocycles. The van der Waals surface area contributed by atoms with E-state index < -0.39 is 32.6 Å². The van der Waals surface area contributed by atoms with E-state index in [1.165, 1.54) is 49.9 Å². The lowest BCUT2D eigenvalue weighted by molar-refractivity contribution is -0.121. The van der Waals surface area contributed by atoms with E-state index in [9.17, 15) is 22.8 Å². The summed E-state index contributed by atoms with van der Waals surface area (Å²) in [6.45, 7) is 4.03. The summed E-state index contributed by atoms with van der Waals surface area (Å²) in [5.74, 6) is -1.66. The van der Waals surface area contributed by atoms with Gasteiger partial charge in [0.15, 0.2) is 26.7 Å². The highest BCUT2D eigenvalue weighted by atomic mass is 32.2. The van der Waals surface area contributed by atoms with Crippen molar-refractivity contribution in [2.24, 2.45) is 0 Å². The van der Waals surface area contributed by atoms with Crippen molar-refractivity contribution in [2.45, 2.75) is 74.4 Å². The Morgan fingerprint density at radius 1 is 0.933 bits per heavy atom. The highest BCUT2D eigenvalue weighted by Crippen LogP contribution is 2.25. The molecule has 1 aliphatic rings. The van der Waals surface area contributed by atoms with E-state index in [1.54, 1.807) is 0 Å². The van der Waals surface area contributed by atoms with Crippen molar-refractivity contribution in [3.63, 3.8) is 0 Å². The number of sulfone groups is 1. The van der Waals surface area contributed by atoms with Gasteiger partial charge in [0.05, 0.1) is 17.1 Å². The van der Waals surface area contributed by atoms with Crippen LogP contribution in [0.25, 0.3) is 0 Å². The number of hydrogen-bond donors (Lipinski definition) is 0. The number of carbonyl (C=O) groups is 3. The normalized spacial score (nSPS) is 14.8. The zero-order valence-corrected chi connectivity index (χ0v) is 18.1. The molecule has 6 nitrogen and oxygen atoms in total. The van der Waals surface area contributed by atoms with Crippen molar-refractivity contribution in [1.29, 1.82) is 0 Å². The lowest BCUT2D eigenvalue weighted by atomic mass is 10.1. The van der Waals surface area contributed by atoms with Crippen LogP contribution < -0.4 is 0 Å². The molecule has 1 aromatic carbocycles. The van der Waals surface area contributed by atoms with Gasteiger partial charge in [0, 0.05) is 12.8 Å². The molecule has 0 heterocycles. The summed E-state index contributed by atoms with van der Waals surface area (Å²) in [5.41, 5.74) is 0.236. The molecule has 0 spiro atoms. The molecule has 1 aliphatic carbocycles. The Balaban J connectivity index is 1.74. The predicted molar refractivity (Wildman–Crippen MR) is 114 cm³/mol. The summed E-state index contributed by atoms with van der Waals surface area (Å²) < 4.78 is 30.3. The van der Waals surface area contributed by atoms with E-state index in [2.05, 4.69) is 6.58 Å². The zero-order valence-electron chi connectivity index (χ0n) is 17.3. The van der Waals surface area contributed by atoms with Crippen LogP contribution in [0.2, 0.25) is 0 Å². The number of Topliss-reactive ketones (excluding diaryl/α,β-unsaturated/α-hetero) is 2. The first-order valence-corrected chi connectivity index (χ1v) is 12.1. The van der Waals surface area contributed by atoms with Crippen LogP contribution in [-0.2, 0) is 24.2 Å². The highest BCUT2D eigenvalue weighted by Gasteiger charge is 2.43. The van der Waals surface area contributed by atoms with Crippen LogP contribution in [-0.4, -0.2) is 37.8 Å². The molecule has 0 radical (unpaired) electrons. The number of hydrogen-bond acceptors (Lipinski definition) is 6. The Labute approximate surface area is 178 Å². The van der Waals surface area contributed by atoms with Crippen molar-refractivity contribution in [1.82, 2.24) is 0 Å². The number of carbonyl (C=O) groups excluding carboxylic acids is 3. The average molecular weight is 435 g/mol. The monoisotopic (exact) mass is 434 g/mol. The summed E-state index contributed by atoms with van der Waals surface area (Å²) in [7, 11) is -4.07. The number of esters is 1. The SMILES string of the molecule is C=CCCCCCCCCCOC(=O)c1ccc(S(=O)(=O)C2C(=O)CCC2=O)cc1. The Hall–Kier alpha value is -2.28. The van der Waals surface area contributed by atoms with Crippen LogP contribution in [0.15, 0.2) is 41.8 Å². The number of ether oxygens (including phenoxy) is 1. The molecule has 164 valence electrons. The van der Waals surface area contributed by atoms with Crippen molar-refractivity contribution in [3.05, 3.63) is 42.5 Å². The van der Waals surface area contributed by atoms with Crippen LogP contribution in [0.3, 0.4) is 0 Å². The Morgan fingerprint density at radius 3 is 2.03 bits per heavy atom. The first-order chi connectivity index (χ1) is 14.4. The minimum Gasteiger partial charge on any atom is -0.462 e. The topological polar surface area (TPSA) is 94.6 Å². The van der Waals surface area contributed by atoms with Crippen LogP contribution in [0.4, 0.5) is 0 Å². The third-order valence-corrected chi connectivity index (χ3v) is 7.29. The van der Waals surface area contributed by atoms with Gasteiger partial charge in [-0.3, -0.25) is 9.59 Å². The molecule has 30 heavy (non-hydrogen) atoms. The molecule has 1 fully saturated rings. The van der Waals surface area contributed by atoms with Gasteiger partial charge in [-0.2, -0.15) is 0 Å². The zero-order chi connectivity index (χ0) is 22.0.